The molecule has 0 aromatic heterocycles. The molecule has 0 saturated carbocycles. The molecule has 0 radical (unpaired) electrons. The van der Waals surface area contributed by atoms with Crippen molar-refractivity contribution >= 4 is 11.7 Å². The van der Waals surface area contributed by atoms with Crippen LogP contribution in [-0.2, 0) is 6.54 Å². The van der Waals surface area contributed by atoms with Crippen molar-refractivity contribution in [1.82, 2.24) is 10.2 Å². The molecular weight excluding hydrogens is 371 g/mol. The number of hydrogen-bond donors (Lipinski definition) is 2. The highest BCUT2D eigenvalue weighted by molar-refractivity contribution is 5.89. The number of nitrogens with one attached hydrogen (secondary N) is 2. The van der Waals surface area contributed by atoms with Gasteiger partial charge in [0.05, 0.1) is 12.8 Å². The van der Waals surface area contributed by atoms with Crippen molar-refractivity contribution in [2.45, 2.75) is 25.4 Å². The second-order valence-electron chi connectivity index (χ2n) is 6.74. The minimum absolute atomic E-state index is 0.0487. The molecule has 1 heterocycles. The number of benzene rings is 2. The first-order valence-electron chi connectivity index (χ1n) is 9.02. The fraction of sp³-hybridized carbons (Fsp3) is 0.350. The summed E-state index contributed by atoms with van der Waals surface area (Å²) in [5, 5.41) is 5.20. The highest BCUT2D eigenvalue weighted by atomic mass is 19.1. The lowest BCUT2D eigenvalue weighted by atomic mass is 10.0. The highest BCUT2D eigenvalue weighted by Crippen LogP contribution is 2.20. The number of carbonyl (C=O) groups is 1. The molecule has 1 saturated heterocycles. The second-order valence-corrected chi connectivity index (χ2v) is 6.74. The smallest absolute Gasteiger partial charge is 0.319 e. The summed E-state index contributed by atoms with van der Waals surface area (Å²) < 4.78 is 45.2. The molecule has 0 unspecified atom stereocenters. The summed E-state index contributed by atoms with van der Waals surface area (Å²) in [4.78, 5) is 14.2. The number of methoxy groups -OCH3 is 1. The maximum Gasteiger partial charge on any atom is 0.319 e. The van der Waals surface area contributed by atoms with E-state index in [0.717, 1.165) is 43.6 Å². The van der Waals surface area contributed by atoms with Gasteiger partial charge in [-0.25, -0.2) is 18.0 Å². The Morgan fingerprint density at radius 1 is 1.11 bits per heavy atom. The fourth-order valence-electron chi connectivity index (χ4n) is 3.24. The van der Waals surface area contributed by atoms with Gasteiger partial charge in [-0.05, 0) is 42.7 Å². The average molecular weight is 393 g/mol. The number of piperidine rings is 1. The van der Waals surface area contributed by atoms with Crippen LogP contribution >= 0.6 is 0 Å². The molecule has 0 aliphatic carbocycles. The zero-order valence-electron chi connectivity index (χ0n) is 15.5. The van der Waals surface area contributed by atoms with E-state index in [0.29, 0.717) is 6.54 Å². The van der Waals surface area contributed by atoms with Crippen LogP contribution in [0, 0.1) is 17.5 Å². The highest BCUT2D eigenvalue weighted by Gasteiger charge is 2.21. The Hall–Kier alpha value is -2.74. The Morgan fingerprint density at radius 3 is 2.50 bits per heavy atom. The van der Waals surface area contributed by atoms with Crippen LogP contribution in [0.15, 0.2) is 36.4 Å². The van der Waals surface area contributed by atoms with Gasteiger partial charge < -0.3 is 15.4 Å². The van der Waals surface area contributed by atoms with Crippen LogP contribution in [0.1, 0.15) is 18.4 Å². The molecular formula is C20H22F3N3O2. The molecule has 0 atom stereocenters. The standard InChI is InChI=1S/C20H22F3N3O2/c1-28-19-5-2-13(10-17(19)23)12-26-8-6-15(7-9-26)24-20(27)25-18-4-3-14(21)11-16(18)22/h2-5,10-11,15H,6-9,12H2,1H3,(H2,24,25,27). The van der Waals surface area contributed by atoms with Gasteiger partial charge in [0.25, 0.3) is 0 Å². The molecule has 5 nitrogen and oxygen atoms in total. The van der Waals surface area contributed by atoms with E-state index in [1.165, 1.54) is 19.2 Å². The molecule has 2 amide bonds. The molecule has 28 heavy (non-hydrogen) atoms. The van der Waals surface area contributed by atoms with Gasteiger partial charge in [0.2, 0.25) is 0 Å². The number of likely N-dealkylation sites (tertiary alicyclic amines) is 1. The molecule has 150 valence electrons. The van der Waals surface area contributed by atoms with Gasteiger partial charge in [0.1, 0.15) is 11.6 Å². The Labute approximate surface area is 161 Å². The average Bonchev–Trinajstić information content (AvgIpc) is 2.66. The lowest BCUT2D eigenvalue weighted by molar-refractivity contribution is 0.189. The monoisotopic (exact) mass is 393 g/mol. The van der Waals surface area contributed by atoms with Crippen molar-refractivity contribution in [2.75, 3.05) is 25.5 Å². The van der Waals surface area contributed by atoms with Crippen molar-refractivity contribution in [1.29, 1.82) is 0 Å². The molecule has 2 N–H and O–H groups in total. The summed E-state index contributed by atoms with van der Waals surface area (Å²) in [6.45, 7) is 2.09. The Kier molecular flexibility index (Phi) is 6.41. The number of ether oxygens (including phenoxy) is 1. The van der Waals surface area contributed by atoms with E-state index in [-0.39, 0.29) is 23.3 Å². The predicted molar refractivity (Wildman–Crippen MR) is 99.8 cm³/mol. The lowest BCUT2D eigenvalue weighted by Crippen LogP contribution is -2.45. The number of anilines is 1. The number of carbonyl (C=O) groups excluding carboxylic acids is 1. The zero-order valence-corrected chi connectivity index (χ0v) is 15.5. The van der Waals surface area contributed by atoms with Crippen LogP contribution in [0.3, 0.4) is 0 Å². The van der Waals surface area contributed by atoms with Crippen molar-refractivity contribution in [3.63, 3.8) is 0 Å². The minimum atomic E-state index is -0.823. The van der Waals surface area contributed by atoms with Gasteiger partial charge in [0, 0.05) is 31.7 Å². The summed E-state index contributed by atoms with van der Waals surface area (Å²) in [5.74, 6) is -1.69. The predicted octanol–water partition coefficient (Wildman–Crippen LogP) is 3.90. The quantitative estimate of drug-likeness (QED) is 0.810. The lowest BCUT2D eigenvalue weighted by Gasteiger charge is -2.32. The van der Waals surface area contributed by atoms with E-state index in [1.54, 1.807) is 6.07 Å². The molecule has 1 aliphatic rings. The third-order valence-corrected chi connectivity index (χ3v) is 4.72. The van der Waals surface area contributed by atoms with Crippen molar-refractivity contribution in [3.05, 3.63) is 59.4 Å². The third-order valence-electron chi connectivity index (χ3n) is 4.72. The number of amides is 2. The van der Waals surface area contributed by atoms with E-state index >= 15 is 0 Å². The van der Waals surface area contributed by atoms with Gasteiger partial charge in [-0.1, -0.05) is 6.07 Å². The van der Waals surface area contributed by atoms with Crippen LogP contribution in [0.25, 0.3) is 0 Å². The molecule has 1 fully saturated rings. The van der Waals surface area contributed by atoms with Gasteiger partial charge in [0.15, 0.2) is 11.6 Å². The molecule has 0 spiro atoms. The summed E-state index contributed by atoms with van der Waals surface area (Å²) in [5.41, 5.74) is 0.784. The zero-order chi connectivity index (χ0) is 20.1. The van der Waals surface area contributed by atoms with Crippen molar-refractivity contribution in [3.8, 4) is 5.75 Å². The Bertz CT molecular complexity index is 839. The van der Waals surface area contributed by atoms with Crippen LogP contribution < -0.4 is 15.4 Å². The summed E-state index contributed by atoms with van der Waals surface area (Å²) in [7, 11) is 1.43. The van der Waals surface area contributed by atoms with Crippen LogP contribution in [-0.4, -0.2) is 37.2 Å². The number of rotatable bonds is 5. The number of nitrogens with zero attached hydrogens (tertiary/aromatic N) is 1. The second kappa shape index (κ2) is 8.97. The Morgan fingerprint density at radius 2 is 1.86 bits per heavy atom. The van der Waals surface area contributed by atoms with E-state index in [9.17, 15) is 18.0 Å². The first-order valence-corrected chi connectivity index (χ1v) is 9.02. The minimum Gasteiger partial charge on any atom is -0.494 e. The molecule has 3 rings (SSSR count). The number of urea groups is 1. The van der Waals surface area contributed by atoms with Gasteiger partial charge in [-0.15, -0.1) is 0 Å². The number of hydrogen-bond acceptors (Lipinski definition) is 3. The van der Waals surface area contributed by atoms with Gasteiger partial charge >= 0.3 is 6.03 Å². The van der Waals surface area contributed by atoms with Gasteiger partial charge in [-0.3, -0.25) is 4.90 Å². The molecule has 2 aromatic rings. The normalized spacial score (nSPS) is 15.3. The first kappa shape index (κ1) is 20.0. The van der Waals surface area contributed by atoms with Crippen LogP contribution in [0.5, 0.6) is 5.75 Å². The maximum absolute atomic E-state index is 13.8. The van der Waals surface area contributed by atoms with Crippen molar-refractivity contribution in [2.24, 2.45) is 0 Å². The fourth-order valence-corrected chi connectivity index (χ4v) is 3.24. The SMILES string of the molecule is COc1ccc(CN2CCC(NC(=O)Nc3ccc(F)cc3F)CC2)cc1F. The van der Waals surface area contributed by atoms with E-state index in [4.69, 9.17) is 4.74 Å². The van der Waals surface area contributed by atoms with E-state index in [1.807, 2.05) is 6.07 Å². The van der Waals surface area contributed by atoms with Crippen molar-refractivity contribution < 1.29 is 22.7 Å². The first-order chi connectivity index (χ1) is 13.4. The summed E-state index contributed by atoms with van der Waals surface area (Å²) in [6.07, 6.45) is 1.44. The maximum atomic E-state index is 13.8. The number of halogens is 3. The van der Waals surface area contributed by atoms with Gasteiger partial charge in [-0.2, -0.15) is 0 Å². The molecule has 2 aromatic carbocycles. The topological polar surface area (TPSA) is 53.6 Å². The molecule has 1 aliphatic heterocycles. The third kappa shape index (κ3) is 5.16. The van der Waals surface area contributed by atoms with E-state index in [2.05, 4.69) is 15.5 Å². The Balaban J connectivity index is 1.46. The van der Waals surface area contributed by atoms with Crippen LogP contribution in [0.2, 0.25) is 0 Å². The summed E-state index contributed by atoms with van der Waals surface area (Å²) in [6, 6.07) is 7.31. The van der Waals surface area contributed by atoms with E-state index < -0.39 is 17.7 Å². The van der Waals surface area contributed by atoms with Crippen LogP contribution in [0.4, 0.5) is 23.7 Å². The molecule has 0 bridgehead atoms. The molecule has 8 heteroatoms. The summed E-state index contributed by atoms with van der Waals surface area (Å²) >= 11 is 0. The largest absolute Gasteiger partial charge is 0.494 e.